The number of aromatic nitrogens is 2. The van der Waals surface area contributed by atoms with E-state index in [0.717, 1.165) is 23.8 Å². The Bertz CT molecular complexity index is 880. The van der Waals surface area contributed by atoms with Crippen molar-refractivity contribution < 1.29 is 9.53 Å². The van der Waals surface area contributed by atoms with Gasteiger partial charge in [-0.3, -0.25) is 18.7 Å². The first-order valence-electron chi connectivity index (χ1n) is 8.48. The summed E-state index contributed by atoms with van der Waals surface area (Å²) >= 11 is 0. The van der Waals surface area contributed by atoms with Crippen molar-refractivity contribution in [2.75, 3.05) is 0 Å². The van der Waals surface area contributed by atoms with Crippen LogP contribution in [0.4, 0.5) is 0 Å². The molecule has 0 aliphatic heterocycles. The molecule has 1 heterocycles. The lowest BCUT2D eigenvalue weighted by atomic mass is 9.95. The predicted octanol–water partition coefficient (Wildman–Crippen LogP) is 1.73. The molecule has 1 aliphatic carbocycles. The van der Waals surface area contributed by atoms with E-state index in [4.69, 9.17) is 4.74 Å². The molecule has 0 saturated heterocycles. The van der Waals surface area contributed by atoms with Crippen molar-refractivity contribution in [1.82, 2.24) is 9.13 Å². The first kappa shape index (κ1) is 17.2. The van der Waals surface area contributed by atoms with Gasteiger partial charge in [0, 0.05) is 25.2 Å². The zero-order valence-corrected chi connectivity index (χ0v) is 14.5. The van der Waals surface area contributed by atoms with Gasteiger partial charge in [0.15, 0.2) is 0 Å². The minimum Gasteiger partial charge on any atom is -0.460 e. The van der Waals surface area contributed by atoms with Crippen molar-refractivity contribution in [2.24, 2.45) is 7.05 Å². The number of ether oxygens (including phenoxy) is 1. The number of hydrogen-bond donors (Lipinski definition) is 0. The van der Waals surface area contributed by atoms with Gasteiger partial charge in [-0.15, -0.1) is 0 Å². The van der Waals surface area contributed by atoms with Crippen molar-refractivity contribution in [3.63, 3.8) is 0 Å². The summed E-state index contributed by atoms with van der Waals surface area (Å²) in [5.41, 5.74) is 1.46. The molecule has 2 aromatic rings. The number of carbonyl (C=O) groups excluding carboxylic acids is 1. The van der Waals surface area contributed by atoms with E-state index in [2.05, 4.69) is 24.3 Å². The highest BCUT2D eigenvalue weighted by Gasteiger charge is 2.31. The maximum Gasteiger partial charge on any atom is 0.331 e. The monoisotopic (exact) mass is 342 g/mol. The lowest BCUT2D eigenvalue weighted by Gasteiger charge is -2.21. The van der Waals surface area contributed by atoms with Gasteiger partial charge >= 0.3 is 11.7 Å². The van der Waals surface area contributed by atoms with Crippen LogP contribution in [0.25, 0.3) is 0 Å². The summed E-state index contributed by atoms with van der Waals surface area (Å²) in [6.07, 6.45) is 3.99. The number of aryl methyl sites for hydroxylation is 1. The number of esters is 1. The third-order valence-electron chi connectivity index (χ3n) is 4.80. The highest BCUT2D eigenvalue weighted by molar-refractivity contribution is 5.69. The molecule has 6 heteroatoms. The second kappa shape index (κ2) is 7.09. The molecule has 2 atom stereocenters. The normalized spacial score (nSPS) is 19.8. The first-order chi connectivity index (χ1) is 12.0. The molecule has 1 aromatic heterocycles. The third-order valence-corrected chi connectivity index (χ3v) is 4.80. The van der Waals surface area contributed by atoms with E-state index in [-0.39, 0.29) is 18.6 Å². The van der Waals surface area contributed by atoms with Crippen molar-refractivity contribution in [1.29, 1.82) is 0 Å². The summed E-state index contributed by atoms with van der Waals surface area (Å²) in [5, 5.41) is 0. The summed E-state index contributed by atoms with van der Waals surface area (Å²) in [4.78, 5) is 35.7. The van der Waals surface area contributed by atoms with Crippen LogP contribution in [0.2, 0.25) is 0 Å². The number of carbonyl (C=O) groups is 1. The van der Waals surface area contributed by atoms with Gasteiger partial charge in [-0.1, -0.05) is 29.8 Å². The highest BCUT2D eigenvalue weighted by atomic mass is 16.5. The van der Waals surface area contributed by atoms with Crippen molar-refractivity contribution in [3.05, 3.63) is 68.5 Å². The zero-order valence-electron chi connectivity index (χ0n) is 14.5. The molecule has 0 N–H and O–H groups in total. The summed E-state index contributed by atoms with van der Waals surface area (Å²) in [6.45, 7) is 1.85. The Labute approximate surface area is 145 Å². The average Bonchev–Trinajstić information content (AvgIpc) is 3.04. The molecule has 0 radical (unpaired) electrons. The summed E-state index contributed by atoms with van der Waals surface area (Å²) in [7, 11) is 1.39. The van der Waals surface area contributed by atoms with Crippen LogP contribution in [0.1, 0.15) is 36.3 Å². The standard InChI is InChI=1S/C19H22N2O4/c1-13-6-8-14(9-7-13)15-4-3-5-16(15)25-18(23)12-21-11-10-17(22)20(2)19(21)24/h6-11,15-16H,3-5,12H2,1-2H3/t15-,16+/m1/s1. The first-order valence-corrected chi connectivity index (χ1v) is 8.48. The Hall–Kier alpha value is -2.63. The topological polar surface area (TPSA) is 70.3 Å². The molecule has 1 aliphatic rings. The van der Waals surface area contributed by atoms with E-state index >= 15 is 0 Å². The van der Waals surface area contributed by atoms with E-state index in [0.29, 0.717) is 0 Å². The lowest BCUT2D eigenvalue weighted by Crippen LogP contribution is -2.38. The number of nitrogens with zero attached hydrogens (tertiary/aromatic N) is 2. The Balaban J connectivity index is 1.70. The Morgan fingerprint density at radius 1 is 1.16 bits per heavy atom. The molecule has 0 amide bonds. The molecule has 6 nitrogen and oxygen atoms in total. The van der Waals surface area contributed by atoms with Gasteiger partial charge in [-0.25, -0.2) is 4.79 Å². The van der Waals surface area contributed by atoms with Gasteiger partial charge in [0.1, 0.15) is 12.6 Å². The van der Waals surface area contributed by atoms with Crippen LogP contribution >= 0.6 is 0 Å². The van der Waals surface area contributed by atoms with Crippen LogP contribution in [-0.2, 0) is 23.1 Å². The summed E-state index contributed by atoms with van der Waals surface area (Å²) < 4.78 is 7.82. The van der Waals surface area contributed by atoms with Crippen molar-refractivity contribution in [2.45, 2.75) is 44.8 Å². The SMILES string of the molecule is Cc1ccc([C@H]2CCC[C@@H]2OC(=O)Cn2ccc(=O)n(C)c2=O)cc1. The van der Waals surface area contributed by atoms with Crippen LogP contribution in [0.3, 0.4) is 0 Å². The van der Waals surface area contributed by atoms with Crippen LogP contribution in [0, 0.1) is 6.92 Å². The fourth-order valence-corrected chi connectivity index (χ4v) is 3.34. The van der Waals surface area contributed by atoms with E-state index in [9.17, 15) is 14.4 Å². The minimum atomic E-state index is -0.522. The van der Waals surface area contributed by atoms with Gasteiger partial charge < -0.3 is 4.74 Å². The number of hydrogen-bond acceptors (Lipinski definition) is 4. The van der Waals surface area contributed by atoms with Crippen LogP contribution in [-0.4, -0.2) is 21.2 Å². The summed E-state index contributed by atoms with van der Waals surface area (Å²) in [5.74, 6) is -0.258. The summed E-state index contributed by atoms with van der Waals surface area (Å²) in [6, 6.07) is 9.57. The zero-order chi connectivity index (χ0) is 18.0. The Morgan fingerprint density at radius 3 is 2.60 bits per heavy atom. The highest BCUT2D eigenvalue weighted by Crippen LogP contribution is 2.36. The molecule has 25 heavy (non-hydrogen) atoms. The largest absolute Gasteiger partial charge is 0.460 e. The number of benzene rings is 1. The van der Waals surface area contributed by atoms with Gasteiger partial charge in [-0.05, 0) is 31.7 Å². The van der Waals surface area contributed by atoms with Gasteiger partial charge in [0.2, 0.25) is 0 Å². The molecule has 0 spiro atoms. The van der Waals surface area contributed by atoms with Gasteiger partial charge in [0.25, 0.3) is 5.56 Å². The van der Waals surface area contributed by atoms with Crippen LogP contribution < -0.4 is 11.2 Å². The average molecular weight is 342 g/mol. The lowest BCUT2D eigenvalue weighted by molar-refractivity contribution is -0.150. The maximum absolute atomic E-state index is 12.3. The molecule has 3 rings (SSSR count). The maximum atomic E-state index is 12.3. The molecular weight excluding hydrogens is 320 g/mol. The molecule has 1 saturated carbocycles. The molecular formula is C19H22N2O4. The third kappa shape index (κ3) is 3.73. The molecule has 0 bridgehead atoms. The Morgan fingerprint density at radius 2 is 1.88 bits per heavy atom. The van der Waals surface area contributed by atoms with Gasteiger partial charge in [-0.2, -0.15) is 0 Å². The van der Waals surface area contributed by atoms with Crippen LogP contribution in [0.5, 0.6) is 0 Å². The molecule has 1 aromatic carbocycles. The van der Waals surface area contributed by atoms with E-state index in [1.54, 1.807) is 0 Å². The Kier molecular flexibility index (Phi) is 4.88. The predicted molar refractivity (Wildman–Crippen MR) is 93.6 cm³/mol. The van der Waals surface area contributed by atoms with Gasteiger partial charge in [0.05, 0.1) is 0 Å². The smallest absolute Gasteiger partial charge is 0.331 e. The fraction of sp³-hybridized carbons (Fsp3) is 0.421. The second-order valence-corrected chi connectivity index (χ2v) is 6.60. The second-order valence-electron chi connectivity index (χ2n) is 6.60. The molecule has 0 unspecified atom stereocenters. The van der Waals surface area contributed by atoms with Crippen LogP contribution in [0.15, 0.2) is 46.1 Å². The number of rotatable bonds is 4. The fourth-order valence-electron chi connectivity index (χ4n) is 3.34. The molecule has 132 valence electrons. The van der Waals surface area contributed by atoms with Crippen molar-refractivity contribution in [3.8, 4) is 0 Å². The minimum absolute atomic E-state index is 0.168. The van der Waals surface area contributed by atoms with E-state index < -0.39 is 17.2 Å². The van der Waals surface area contributed by atoms with Crippen molar-refractivity contribution >= 4 is 5.97 Å². The quantitative estimate of drug-likeness (QED) is 0.794. The molecule has 1 fully saturated rings. The van der Waals surface area contributed by atoms with E-state index in [1.807, 2.05) is 6.92 Å². The van der Waals surface area contributed by atoms with E-state index in [1.165, 1.54) is 35.0 Å².